The van der Waals surface area contributed by atoms with Gasteiger partial charge < -0.3 is 15.2 Å². The van der Waals surface area contributed by atoms with Crippen LogP contribution >= 0.6 is 15.9 Å². The van der Waals surface area contributed by atoms with Crippen molar-refractivity contribution in [2.24, 2.45) is 0 Å². The van der Waals surface area contributed by atoms with E-state index in [0.29, 0.717) is 6.04 Å². The van der Waals surface area contributed by atoms with Crippen LogP contribution in [0.4, 0.5) is 5.69 Å². The first-order chi connectivity index (χ1) is 18.2. The van der Waals surface area contributed by atoms with Gasteiger partial charge in [0.05, 0.1) is 10.2 Å². The molecule has 5 heterocycles. The van der Waals surface area contributed by atoms with Gasteiger partial charge in [-0.25, -0.2) is 9.97 Å². The lowest BCUT2D eigenvalue weighted by molar-refractivity contribution is 0.198. The fourth-order valence-electron chi connectivity index (χ4n) is 5.45. The molecule has 2 aliphatic rings. The Morgan fingerprint density at radius 1 is 0.946 bits per heavy atom. The number of aromatic nitrogens is 4. The van der Waals surface area contributed by atoms with E-state index in [9.17, 15) is 0 Å². The summed E-state index contributed by atoms with van der Waals surface area (Å²) in [4.78, 5) is 24.7. The molecule has 192 valence electrons. The zero-order chi connectivity index (χ0) is 25.2. The lowest BCUT2D eigenvalue weighted by atomic mass is 10.1. The van der Waals surface area contributed by atoms with Crippen molar-refractivity contribution in [3.63, 3.8) is 0 Å². The maximum absolute atomic E-state index is 4.86. The van der Waals surface area contributed by atoms with Crippen LogP contribution in [0, 0.1) is 0 Å². The normalized spacial score (nSPS) is 18.4. The molecule has 0 saturated carbocycles. The first-order valence-electron chi connectivity index (χ1n) is 13.1. The number of rotatable bonds is 6. The van der Waals surface area contributed by atoms with Gasteiger partial charge in [-0.15, -0.1) is 0 Å². The average Bonchev–Trinajstić information content (AvgIpc) is 3.38. The number of nitrogens with one attached hydrogen (secondary N) is 2. The standard InChI is InChI=1S/C28H33BrN8/c1-20(22-6-8-30-9-7-22)36-14-16-37(17-15-36)26-24(29)18-32-28-25(26)33-27(34-28)23-4-2-21(3-5-23)19-35-12-10-31-11-13-35/h2-9,18,20,31H,10-17,19H2,1H3,(H,32,33,34). The average molecular weight is 562 g/mol. The van der Waals surface area contributed by atoms with E-state index >= 15 is 0 Å². The first-order valence-corrected chi connectivity index (χ1v) is 13.9. The molecule has 1 unspecified atom stereocenters. The number of fused-ring (bicyclic) bond motifs is 1. The number of benzene rings is 1. The summed E-state index contributed by atoms with van der Waals surface area (Å²) in [6, 6.07) is 13.4. The van der Waals surface area contributed by atoms with Crippen LogP contribution in [-0.4, -0.2) is 82.1 Å². The minimum atomic E-state index is 0.374. The van der Waals surface area contributed by atoms with E-state index in [1.165, 1.54) is 11.1 Å². The van der Waals surface area contributed by atoms with Gasteiger partial charge in [0.2, 0.25) is 0 Å². The molecule has 2 aliphatic heterocycles. The molecule has 0 spiro atoms. The third-order valence-corrected chi connectivity index (χ3v) is 8.24. The molecule has 0 amide bonds. The predicted molar refractivity (Wildman–Crippen MR) is 152 cm³/mol. The SMILES string of the molecule is CC(c1ccncc1)N1CCN(c2c(Br)cnc3nc(-c4ccc(CN5CCNCC5)cc4)[nH]c23)CC1. The van der Waals surface area contributed by atoms with Crippen LogP contribution < -0.4 is 10.2 Å². The van der Waals surface area contributed by atoms with Crippen LogP contribution in [0.3, 0.4) is 0 Å². The largest absolute Gasteiger partial charge is 0.366 e. The Bertz CT molecular complexity index is 1330. The van der Waals surface area contributed by atoms with Crippen LogP contribution in [-0.2, 0) is 6.54 Å². The number of piperazine rings is 2. The van der Waals surface area contributed by atoms with Crippen molar-refractivity contribution < 1.29 is 0 Å². The van der Waals surface area contributed by atoms with Crippen LogP contribution in [0.2, 0.25) is 0 Å². The lowest BCUT2D eigenvalue weighted by Gasteiger charge is -2.39. The molecule has 0 bridgehead atoms. The van der Waals surface area contributed by atoms with Crippen molar-refractivity contribution in [1.82, 2.24) is 35.1 Å². The highest BCUT2D eigenvalue weighted by Gasteiger charge is 2.25. The molecule has 2 saturated heterocycles. The van der Waals surface area contributed by atoms with Gasteiger partial charge in [-0.2, -0.15) is 0 Å². The minimum Gasteiger partial charge on any atom is -0.366 e. The van der Waals surface area contributed by atoms with E-state index < -0.39 is 0 Å². The first kappa shape index (κ1) is 24.5. The number of nitrogens with zero attached hydrogens (tertiary/aromatic N) is 6. The van der Waals surface area contributed by atoms with Crippen molar-refractivity contribution >= 4 is 32.8 Å². The van der Waals surface area contributed by atoms with Crippen LogP contribution in [0.1, 0.15) is 24.1 Å². The number of H-pyrrole nitrogens is 1. The number of halogens is 1. The maximum Gasteiger partial charge on any atom is 0.180 e. The van der Waals surface area contributed by atoms with Crippen molar-refractivity contribution in [2.45, 2.75) is 19.5 Å². The van der Waals surface area contributed by atoms with Crippen LogP contribution in [0.15, 0.2) is 59.5 Å². The Kier molecular flexibility index (Phi) is 7.19. The molecule has 6 rings (SSSR count). The summed E-state index contributed by atoms with van der Waals surface area (Å²) in [5.74, 6) is 0.862. The Morgan fingerprint density at radius 3 is 2.41 bits per heavy atom. The highest BCUT2D eigenvalue weighted by atomic mass is 79.9. The monoisotopic (exact) mass is 560 g/mol. The maximum atomic E-state index is 4.86. The quantitative estimate of drug-likeness (QED) is 0.368. The van der Waals surface area contributed by atoms with Gasteiger partial charge in [0.1, 0.15) is 11.3 Å². The highest BCUT2D eigenvalue weighted by Crippen LogP contribution is 2.35. The van der Waals surface area contributed by atoms with Gasteiger partial charge in [-0.05, 0) is 46.1 Å². The molecule has 1 atom stereocenters. The second-order valence-electron chi connectivity index (χ2n) is 9.94. The molecule has 1 aromatic carbocycles. The summed E-state index contributed by atoms with van der Waals surface area (Å²) in [5.41, 5.74) is 6.63. The zero-order valence-corrected chi connectivity index (χ0v) is 22.8. The van der Waals surface area contributed by atoms with Crippen molar-refractivity contribution in [2.75, 3.05) is 57.3 Å². The van der Waals surface area contributed by atoms with Gasteiger partial charge in [-0.3, -0.25) is 14.8 Å². The zero-order valence-electron chi connectivity index (χ0n) is 21.2. The number of hydrogen-bond acceptors (Lipinski definition) is 7. The molecule has 2 fully saturated rings. The Hall–Kier alpha value is -2.85. The molecule has 8 nitrogen and oxygen atoms in total. The second-order valence-corrected chi connectivity index (χ2v) is 10.8. The van der Waals surface area contributed by atoms with Crippen LogP contribution in [0.5, 0.6) is 0 Å². The number of imidazole rings is 1. The number of hydrogen-bond donors (Lipinski definition) is 2. The molecule has 3 aromatic heterocycles. The van der Waals surface area contributed by atoms with Crippen molar-refractivity contribution in [3.8, 4) is 11.4 Å². The van der Waals surface area contributed by atoms with E-state index in [4.69, 9.17) is 4.98 Å². The Labute approximate surface area is 226 Å². The van der Waals surface area contributed by atoms with E-state index in [2.05, 4.69) is 94.2 Å². The summed E-state index contributed by atoms with van der Waals surface area (Å²) in [6.45, 7) is 11.5. The number of pyridine rings is 2. The van der Waals surface area contributed by atoms with Gasteiger partial charge in [-0.1, -0.05) is 24.3 Å². The van der Waals surface area contributed by atoms with Crippen molar-refractivity contribution in [1.29, 1.82) is 0 Å². The molecule has 0 radical (unpaired) electrons. The third kappa shape index (κ3) is 5.27. The molecular weight excluding hydrogens is 528 g/mol. The molecule has 9 heteroatoms. The molecule has 2 N–H and O–H groups in total. The topological polar surface area (TPSA) is 76.2 Å². The second kappa shape index (κ2) is 10.9. The Morgan fingerprint density at radius 2 is 1.68 bits per heavy atom. The van der Waals surface area contributed by atoms with E-state index in [-0.39, 0.29) is 0 Å². The molecule has 0 aliphatic carbocycles. The van der Waals surface area contributed by atoms with Gasteiger partial charge in [0.15, 0.2) is 5.65 Å². The van der Waals surface area contributed by atoms with Crippen molar-refractivity contribution in [3.05, 3.63) is 70.6 Å². The third-order valence-electron chi connectivity index (χ3n) is 7.66. The summed E-state index contributed by atoms with van der Waals surface area (Å²) < 4.78 is 0.997. The van der Waals surface area contributed by atoms with Crippen LogP contribution in [0.25, 0.3) is 22.6 Å². The van der Waals surface area contributed by atoms with Gasteiger partial charge in [0.25, 0.3) is 0 Å². The van der Waals surface area contributed by atoms with Gasteiger partial charge >= 0.3 is 0 Å². The summed E-state index contributed by atoms with van der Waals surface area (Å²) >= 11 is 3.77. The summed E-state index contributed by atoms with van der Waals surface area (Å²) in [6.07, 6.45) is 5.64. The predicted octanol–water partition coefficient (Wildman–Crippen LogP) is 4.07. The van der Waals surface area contributed by atoms with E-state index in [1.807, 2.05) is 18.6 Å². The minimum absolute atomic E-state index is 0.374. The summed E-state index contributed by atoms with van der Waals surface area (Å²) in [7, 11) is 0. The number of anilines is 1. The summed E-state index contributed by atoms with van der Waals surface area (Å²) in [5, 5.41) is 3.42. The highest BCUT2D eigenvalue weighted by molar-refractivity contribution is 9.10. The lowest BCUT2D eigenvalue weighted by Crippen LogP contribution is -2.47. The molecule has 4 aromatic rings. The van der Waals surface area contributed by atoms with E-state index in [0.717, 1.165) is 91.6 Å². The Balaban J connectivity index is 1.19. The smallest absolute Gasteiger partial charge is 0.180 e. The van der Waals surface area contributed by atoms with E-state index in [1.54, 1.807) is 0 Å². The fourth-order valence-corrected chi connectivity index (χ4v) is 6.00. The fraction of sp³-hybridized carbons (Fsp3) is 0.393. The molecular formula is C28H33BrN8. The van der Waals surface area contributed by atoms with Gasteiger partial charge in [0, 0.05) is 89.1 Å². The molecule has 37 heavy (non-hydrogen) atoms. The number of aromatic amines is 1.